The summed E-state index contributed by atoms with van der Waals surface area (Å²) in [7, 11) is 1.64. The summed E-state index contributed by atoms with van der Waals surface area (Å²) in [5.74, 6) is 0.759. The van der Waals surface area contributed by atoms with Crippen molar-refractivity contribution in [3.63, 3.8) is 0 Å². The number of benzene rings is 1. The van der Waals surface area contributed by atoms with E-state index in [2.05, 4.69) is 10.3 Å². The molecule has 1 aromatic heterocycles. The van der Waals surface area contributed by atoms with E-state index in [0.29, 0.717) is 0 Å². The second-order valence-electron chi connectivity index (χ2n) is 3.88. The number of methoxy groups -OCH3 is 1. The van der Waals surface area contributed by atoms with Gasteiger partial charge in [0.05, 0.1) is 18.7 Å². The van der Waals surface area contributed by atoms with Crippen molar-refractivity contribution >= 4 is 11.6 Å². The van der Waals surface area contributed by atoms with Crippen LogP contribution in [0.4, 0.5) is 0 Å². The Morgan fingerprint density at radius 3 is 2.76 bits per heavy atom. The number of aromatic nitrogens is 3. The smallest absolute Gasteiger partial charge is 0.144 e. The monoisotopic (exact) mass is 251 g/mol. The lowest BCUT2D eigenvalue weighted by molar-refractivity contribution is 0.411. The number of alkyl halides is 1. The third-order valence-electron chi connectivity index (χ3n) is 2.50. The van der Waals surface area contributed by atoms with Gasteiger partial charge in [0.2, 0.25) is 0 Å². The molecule has 5 heteroatoms. The van der Waals surface area contributed by atoms with Crippen LogP contribution in [-0.4, -0.2) is 22.1 Å². The molecule has 4 nitrogen and oxygen atoms in total. The highest BCUT2D eigenvalue weighted by Crippen LogP contribution is 2.24. The van der Waals surface area contributed by atoms with E-state index < -0.39 is 0 Å². The Bertz CT molecular complexity index is 522. The third kappa shape index (κ3) is 2.42. The van der Waals surface area contributed by atoms with Crippen LogP contribution in [0, 0.1) is 6.92 Å². The average molecular weight is 252 g/mol. The van der Waals surface area contributed by atoms with Crippen LogP contribution < -0.4 is 4.74 Å². The second kappa shape index (κ2) is 4.75. The summed E-state index contributed by atoms with van der Waals surface area (Å²) in [5.41, 5.74) is 2.75. The molecule has 17 heavy (non-hydrogen) atoms. The molecule has 2 aromatic rings. The quantitative estimate of drug-likeness (QED) is 0.788. The van der Waals surface area contributed by atoms with Crippen molar-refractivity contribution in [1.29, 1.82) is 0 Å². The van der Waals surface area contributed by atoms with Crippen LogP contribution in [-0.2, 0) is 0 Å². The standard InChI is InChI=1S/C12H14ClN3O/c1-8-4-5-12(17-3)11(6-8)16-7-10(9(2)13)14-15-16/h4-7,9H,1-3H3. The average Bonchev–Trinajstić information content (AvgIpc) is 2.78. The van der Waals surface area contributed by atoms with Gasteiger partial charge in [-0.15, -0.1) is 16.7 Å². The molecule has 0 aliphatic rings. The Labute approximate surface area is 105 Å². The minimum Gasteiger partial charge on any atom is -0.494 e. The van der Waals surface area contributed by atoms with E-state index >= 15 is 0 Å². The van der Waals surface area contributed by atoms with Crippen LogP contribution in [0.3, 0.4) is 0 Å². The van der Waals surface area contributed by atoms with Gasteiger partial charge in [-0.2, -0.15) is 0 Å². The number of ether oxygens (including phenoxy) is 1. The zero-order valence-corrected chi connectivity index (χ0v) is 10.8. The minimum absolute atomic E-state index is 0.153. The molecule has 0 fully saturated rings. The van der Waals surface area contributed by atoms with Crippen molar-refractivity contribution in [2.45, 2.75) is 19.2 Å². The highest BCUT2D eigenvalue weighted by Gasteiger charge is 2.11. The molecular formula is C12H14ClN3O. The molecule has 0 N–H and O–H groups in total. The van der Waals surface area contributed by atoms with Gasteiger partial charge in [-0.3, -0.25) is 0 Å². The first-order chi connectivity index (χ1) is 8.11. The molecule has 1 aromatic carbocycles. The van der Waals surface area contributed by atoms with Gasteiger partial charge in [0.25, 0.3) is 0 Å². The zero-order valence-electron chi connectivity index (χ0n) is 10.0. The van der Waals surface area contributed by atoms with Crippen molar-refractivity contribution in [2.24, 2.45) is 0 Å². The van der Waals surface area contributed by atoms with Gasteiger partial charge in [-0.1, -0.05) is 11.3 Å². The van der Waals surface area contributed by atoms with Crippen LogP contribution >= 0.6 is 11.6 Å². The second-order valence-corrected chi connectivity index (χ2v) is 4.53. The van der Waals surface area contributed by atoms with Crippen LogP contribution in [0.25, 0.3) is 5.69 Å². The van der Waals surface area contributed by atoms with Gasteiger partial charge in [0.15, 0.2) is 0 Å². The van der Waals surface area contributed by atoms with E-state index in [1.165, 1.54) is 0 Å². The van der Waals surface area contributed by atoms with E-state index in [4.69, 9.17) is 16.3 Å². The summed E-state index contributed by atoms with van der Waals surface area (Å²) in [4.78, 5) is 0. The lowest BCUT2D eigenvalue weighted by Gasteiger charge is -2.08. The first-order valence-electron chi connectivity index (χ1n) is 5.33. The van der Waals surface area contributed by atoms with Gasteiger partial charge >= 0.3 is 0 Å². The van der Waals surface area contributed by atoms with Crippen LogP contribution in [0.15, 0.2) is 24.4 Å². The molecule has 0 spiro atoms. The van der Waals surface area contributed by atoms with Gasteiger partial charge in [-0.05, 0) is 31.5 Å². The SMILES string of the molecule is COc1ccc(C)cc1-n1cc(C(C)Cl)nn1. The van der Waals surface area contributed by atoms with Gasteiger partial charge < -0.3 is 4.74 Å². The molecule has 2 rings (SSSR count). The molecule has 0 aliphatic carbocycles. The summed E-state index contributed by atoms with van der Waals surface area (Å²) in [6.45, 7) is 3.88. The maximum Gasteiger partial charge on any atom is 0.144 e. The number of hydrogen-bond acceptors (Lipinski definition) is 3. The third-order valence-corrected chi connectivity index (χ3v) is 2.72. The van der Waals surface area contributed by atoms with Crippen molar-refractivity contribution in [2.75, 3.05) is 7.11 Å². The van der Waals surface area contributed by atoms with E-state index in [0.717, 1.165) is 22.7 Å². The summed E-state index contributed by atoms with van der Waals surface area (Å²) >= 11 is 5.96. The highest BCUT2D eigenvalue weighted by molar-refractivity contribution is 6.20. The number of halogens is 1. The Hall–Kier alpha value is -1.55. The first kappa shape index (κ1) is 11.9. The van der Waals surface area contributed by atoms with Crippen LogP contribution in [0.1, 0.15) is 23.6 Å². The van der Waals surface area contributed by atoms with Crippen LogP contribution in [0.5, 0.6) is 5.75 Å². The number of nitrogens with zero attached hydrogens (tertiary/aromatic N) is 3. The van der Waals surface area contributed by atoms with Crippen molar-refractivity contribution in [1.82, 2.24) is 15.0 Å². The Morgan fingerprint density at radius 2 is 2.18 bits per heavy atom. The normalized spacial score (nSPS) is 12.5. The molecule has 0 saturated heterocycles. The van der Waals surface area contributed by atoms with E-state index in [-0.39, 0.29) is 5.38 Å². The fourth-order valence-electron chi connectivity index (χ4n) is 1.56. The topological polar surface area (TPSA) is 39.9 Å². The number of hydrogen-bond donors (Lipinski definition) is 0. The highest BCUT2D eigenvalue weighted by atomic mass is 35.5. The summed E-state index contributed by atoms with van der Waals surface area (Å²) in [5, 5.41) is 7.93. The lowest BCUT2D eigenvalue weighted by atomic mass is 10.2. The van der Waals surface area contributed by atoms with Gasteiger partial charge in [0, 0.05) is 0 Å². The van der Waals surface area contributed by atoms with E-state index in [1.807, 2.05) is 38.2 Å². The molecule has 1 atom stereocenters. The summed E-state index contributed by atoms with van der Waals surface area (Å²) < 4.78 is 6.98. The summed E-state index contributed by atoms with van der Waals surface area (Å²) in [6, 6.07) is 5.90. The predicted molar refractivity (Wildman–Crippen MR) is 66.9 cm³/mol. The van der Waals surface area contributed by atoms with E-state index in [9.17, 15) is 0 Å². The molecule has 0 amide bonds. The van der Waals surface area contributed by atoms with Gasteiger partial charge in [-0.25, -0.2) is 4.68 Å². The van der Waals surface area contributed by atoms with E-state index in [1.54, 1.807) is 11.8 Å². The Kier molecular flexibility index (Phi) is 3.33. The minimum atomic E-state index is -0.153. The predicted octanol–water partition coefficient (Wildman–Crippen LogP) is 2.88. The summed E-state index contributed by atoms with van der Waals surface area (Å²) in [6.07, 6.45) is 1.81. The number of aryl methyl sites for hydroxylation is 1. The molecule has 0 saturated carbocycles. The maximum atomic E-state index is 5.96. The van der Waals surface area contributed by atoms with Crippen molar-refractivity contribution < 1.29 is 4.74 Å². The molecule has 0 aliphatic heterocycles. The Morgan fingerprint density at radius 1 is 1.41 bits per heavy atom. The largest absolute Gasteiger partial charge is 0.494 e. The first-order valence-corrected chi connectivity index (χ1v) is 5.77. The fourth-order valence-corrected chi connectivity index (χ4v) is 1.66. The lowest BCUT2D eigenvalue weighted by Crippen LogP contribution is -1.99. The van der Waals surface area contributed by atoms with Crippen molar-refractivity contribution in [3.8, 4) is 11.4 Å². The van der Waals surface area contributed by atoms with Gasteiger partial charge in [0.1, 0.15) is 17.1 Å². The Balaban J connectivity index is 2.47. The number of rotatable bonds is 3. The molecule has 1 heterocycles. The van der Waals surface area contributed by atoms with Crippen LogP contribution in [0.2, 0.25) is 0 Å². The zero-order chi connectivity index (χ0) is 12.4. The maximum absolute atomic E-state index is 5.96. The molecule has 0 bridgehead atoms. The molecular weight excluding hydrogens is 238 g/mol. The molecule has 0 radical (unpaired) electrons. The van der Waals surface area contributed by atoms with Crippen molar-refractivity contribution in [3.05, 3.63) is 35.7 Å². The molecule has 90 valence electrons. The molecule has 1 unspecified atom stereocenters. The fraction of sp³-hybridized carbons (Fsp3) is 0.333.